The average Bonchev–Trinajstić information content (AvgIpc) is 2.95. The van der Waals surface area contributed by atoms with Crippen LogP contribution in [0.5, 0.6) is 0 Å². The Morgan fingerprint density at radius 1 is 1.00 bits per heavy atom. The molecule has 3 aromatic rings. The predicted octanol–water partition coefficient (Wildman–Crippen LogP) is 6.60. The second-order valence-corrected chi connectivity index (χ2v) is 12.3. The predicted molar refractivity (Wildman–Crippen MR) is 159 cm³/mol. The van der Waals surface area contributed by atoms with Crippen LogP contribution in [0.15, 0.2) is 66.9 Å². The summed E-state index contributed by atoms with van der Waals surface area (Å²) >= 11 is 6.09. The third-order valence-electron chi connectivity index (χ3n) is 7.28. The van der Waals surface area contributed by atoms with Gasteiger partial charge in [-0.25, -0.2) is 14.0 Å². The molecule has 1 fully saturated rings. The van der Waals surface area contributed by atoms with Crippen molar-refractivity contribution in [1.82, 2.24) is 20.1 Å². The number of rotatable bonds is 6. The lowest BCUT2D eigenvalue weighted by atomic mass is 9.79. The summed E-state index contributed by atoms with van der Waals surface area (Å²) in [6.45, 7) is 6.13. The molecule has 0 radical (unpaired) electrons. The SMILES string of the molecule is CC(=O)[C@@H]1CN(C(=O)OC(C)(C)C)CCN1C(=O)N[C@@](Cc1ccccc1)(c1cc(F)cc(C(F)(F)F)c1)c1ccc(Cl)cn1. The Morgan fingerprint density at radius 3 is 2.24 bits per heavy atom. The van der Waals surface area contributed by atoms with Gasteiger partial charge in [-0.3, -0.25) is 9.78 Å². The van der Waals surface area contributed by atoms with Crippen LogP contribution in [0.1, 0.15) is 50.1 Å². The van der Waals surface area contributed by atoms with Gasteiger partial charge in [-0.15, -0.1) is 0 Å². The number of halogens is 5. The minimum absolute atomic E-state index is 0.0230. The molecule has 45 heavy (non-hydrogen) atoms. The number of nitrogens with one attached hydrogen (secondary N) is 1. The Balaban J connectivity index is 1.83. The van der Waals surface area contributed by atoms with Crippen molar-refractivity contribution < 1.29 is 36.7 Å². The van der Waals surface area contributed by atoms with Crippen LogP contribution in [0.3, 0.4) is 0 Å². The Kier molecular flexibility index (Phi) is 9.77. The Labute approximate surface area is 263 Å². The van der Waals surface area contributed by atoms with Crippen molar-refractivity contribution in [2.45, 2.75) is 57.5 Å². The van der Waals surface area contributed by atoms with Gasteiger partial charge in [-0.2, -0.15) is 13.2 Å². The number of carbonyl (C=O) groups excluding carboxylic acids is 3. The van der Waals surface area contributed by atoms with E-state index < -0.39 is 52.6 Å². The highest BCUT2D eigenvalue weighted by Crippen LogP contribution is 2.38. The highest BCUT2D eigenvalue weighted by molar-refractivity contribution is 6.30. The highest BCUT2D eigenvalue weighted by atomic mass is 35.5. The van der Waals surface area contributed by atoms with Crippen molar-refractivity contribution in [2.75, 3.05) is 19.6 Å². The summed E-state index contributed by atoms with van der Waals surface area (Å²) in [7, 11) is 0. The molecule has 8 nitrogen and oxygen atoms in total. The molecule has 1 aliphatic rings. The standard InChI is InChI=1S/C32H33ClF4N4O4/c1-20(42)26-19-40(29(44)45-30(2,3)4)12-13-41(26)28(43)39-31(17-21-8-6-5-7-9-21,27-11-10-24(33)18-38-27)22-14-23(32(35,36)37)16-25(34)15-22/h5-11,14-16,18,26H,12-13,17,19H2,1-4H3,(H,39,43)/t26-,31-/m0/s1. The van der Waals surface area contributed by atoms with Crippen LogP contribution in [0, 0.1) is 5.82 Å². The topological polar surface area (TPSA) is 91.8 Å². The zero-order valence-corrected chi connectivity index (χ0v) is 25.9. The summed E-state index contributed by atoms with van der Waals surface area (Å²) in [5.74, 6) is -1.60. The summed E-state index contributed by atoms with van der Waals surface area (Å²) in [5.41, 5.74) is -3.48. The second kappa shape index (κ2) is 13.0. The Bertz CT molecular complexity index is 1550. The van der Waals surface area contributed by atoms with E-state index in [0.29, 0.717) is 11.6 Å². The van der Waals surface area contributed by atoms with E-state index in [-0.39, 0.29) is 42.3 Å². The number of benzene rings is 2. The van der Waals surface area contributed by atoms with Crippen molar-refractivity contribution in [2.24, 2.45) is 0 Å². The van der Waals surface area contributed by atoms with Gasteiger partial charge in [0.1, 0.15) is 23.0 Å². The minimum atomic E-state index is -4.90. The number of hydrogen-bond acceptors (Lipinski definition) is 5. The van der Waals surface area contributed by atoms with Crippen LogP contribution in [0.2, 0.25) is 5.02 Å². The molecule has 1 N–H and O–H groups in total. The second-order valence-electron chi connectivity index (χ2n) is 11.8. The smallest absolute Gasteiger partial charge is 0.416 e. The zero-order chi connectivity index (χ0) is 33.2. The van der Waals surface area contributed by atoms with E-state index in [2.05, 4.69) is 10.3 Å². The van der Waals surface area contributed by atoms with Crippen LogP contribution < -0.4 is 5.32 Å². The number of ether oxygens (including phenoxy) is 1. The van der Waals surface area contributed by atoms with Gasteiger partial charge < -0.3 is 19.9 Å². The Hall–Kier alpha value is -4.19. The number of Topliss-reactive ketones (excluding diaryl/α,β-unsaturated/α-hetero) is 1. The molecule has 4 rings (SSSR count). The number of alkyl halides is 3. The van der Waals surface area contributed by atoms with Gasteiger partial charge in [0.2, 0.25) is 0 Å². The molecule has 0 saturated carbocycles. The van der Waals surface area contributed by atoms with Crippen LogP contribution in [0.4, 0.5) is 27.2 Å². The molecule has 2 aromatic carbocycles. The average molecular weight is 649 g/mol. The van der Waals surface area contributed by atoms with Crippen LogP contribution >= 0.6 is 11.6 Å². The fourth-order valence-corrected chi connectivity index (χ4v) is 5.28. The molecule has 0 aliphatic carbocycles. The quantitative estimate of drug-likeness (QED) is 0.304. The van der Waals surface area contributed by atoms with E-state index in [9.17, 15) is 31.9 Å². The van der Waals surface area contributed by atoms with E-state index in [4.69, 9.17) is 16.3 Å². The number of aromatic nitrogens is 1. The van der Waals surface area contributed by atoms with E-state index in [1.54, 1.807) is 51.1 Å². The van der Waals surface area contributed by atoms with Gasteiger partial charge in [0, 0.05) is 25.7 Å². The first kappa shape index (κ1) is 33.7. The molecule has 240 valence electrons. The lowest BCUT2D eigenvalue weighted by Gasteiger charge is -2.43. The third-order valence-corrected chi connectivity index (χ3v) is 7.50. The summed E-state index contributed by atoms with van der Waals surface area (Å²) in [6.07, 6.45) is -4.43. The maximum atomic E-state index is 14.9. The van der Waals surface area contributed by atoms with Gasteiger partial charge >= 0.3 is 18.3 Å². The van der Waals surface area contributed by atoms with Gasteiger partial charge in [-0.1, -0.05) is 41.9 Å². The first-order valence-corrected chi connectivity index (χ1v) is 14.5. The van der Waals surface area contributed by atoms with E-state index in [1.165, 1.54) is 35.1 Å². The van der Waals surface area contributed by atoms with Crippen molar-refractivity contribution in [3.05, 3.63) is 100 Å². The number of ketones is 1. The maximum absolute atomic E-state index is 14.9. The van der Waals surface area contributed by atoms with E-state index in [1.807, 2.05) is 0 Å². The fourth-order valence-electron chi connectivity index (χ4n) is 5.17. The number of nitrogens with zero attached hydrogens (tertiary/aromatic N) is 3. The van der Waals surface area contributed by atoms with Crippen LogP contribution in [0.25, 0.3) is 0 Å². The maximum Gasteiger partial charge on any atom is 0.416 e. The Morgan fingerprint density at radius 2 is 1.67 bits per heavy atom. The van der Waals surface area contributed by atoms with Gasteiger partial charge in [-0.05, 0) is 69.2 Å². The molecule has 2 heterocycles. The lowest BCUT2D eigenvalue weighted by Crippen LogP contribution is -2.63. The van der Waals surface area contributed by atoms with Crippen LogP contribution in [-0.2, 0) is 27.7 Å². The summed E-state index contributed by atoms with van der Waals surface area (Å²) < 4.78 is 62.2. The number of urea groups is 1. The summed E-state index contributed by atoms with van der Waals surface area (Å²) in [6, 6.07) is 11.6. The molecule has 3 amide bonds. The molecule has 2 atom stereocenters. The number of piperazine rings is 1. The van der Waals surface area contributed by atoms with Gasteiger partial charge in [0.25, 0.3) is 0 Å². The van der Waals surface area contributed by atoms with Crippen molar-refractivity contribution in [3.8, 4) is 0 Å². The first-order chi connectivity index (χ1) is 21.0. The number of amides is 3. The first-order valence-electron chi connectivity index (χ1n) is 14.1. The minimum Gasteiger partial charge on any atom is -0.444 e. The molecular formula is C32H33ClF4N4O4. The molecule has 1 aromatic heterocycles. The molecule has 0 unspecified atom stereocenters. The largest absolute Gasteiger partial charge is 0.444 e. The van der Waals surface area contributed by atoms with E-state index in [0.717, 1.165) is 12.1 Å². The molecule has 0 bridgehead atoms. The van der Waals surface area contributed by atoms with Crippen LogP contribution in [-0.4, -0.2) is 64.0 Å². The molecule has 1 aliphatic heterocycles. The monoisotopic (exact) mass is 648 g/mol. The number of pyridine rings is 1. The zero-order valence-electron chi connectivity index (χ0n) is 25.1. The lowest BCUT2D eigenvalue weighted by molar-refractivity contribution is -0.137. The van der Waals surface area contributed by atoms with Gasteiger partial charge in [0.05, 0.1) is 22.8 Å². The van der Waals surface area contributed by atoms with Gasteiger partial charge in [0.15, 0.2) is 5.78 Å². The number of hydrogen-bond donors (Lipinski definition) is 1. The highest BCUT2D eigenvalue weighted by Gasteiger charge is 2.44. The molecule has 0 spiro atoms. The molecule has 1 saturated heterocycles. The number of carbonyl (C=O) groups is 3. The normalized spacial score (nSPS) is 17.0. The summed E-state index contributed by atoms with van der Waals surface area (Å²) in [5, 5.41) is 3.06. The van der Waals surface area contributed by atoms with Crippen molar-refractivity contribution in [1.29, 1.82) is 0 Å². The fraction of sp³-hybridized carbons (Fsp3) is 0.375. The molecule has 13 heteroatoms. The van der Waals surface area contributed by atoms with Crippen molar-refractivity contribution >= 4 is 29.5 Å². The van der Waals surface area contributed by atoms with Crippen molar-refractivity contribution in [3.63, 3.8) is 0 Å². The molecular weight excluding hydrogens is 616 g/mol. The van der Waals surface area contributed by atoms with E-state index >= 15 is 0 Å². The third kappa shape index (κ3) is 8.10. The summed E-state index contributed by atoms with van der Waals surface area (Å²) in [4.78, 5) is 46.6.